The van der Waals surface area contributed by atoms with Crippen molar-refractivity contribution in [2.45, 2.75) is 44.6 Å². The van der Waals surface area contributed by atoms with Crippen LogP contribution in [-0.2, 0) is 27.3 Å². The average molecular weight is 430 g/mol. The Hall–Kier alpha value is -2.02. The molecule has 30 heavy (non-hydrogen) atoms. The molecule has 1 aliphatic rings. The molecule has 0 spiro atoms. The van der Waals surface area contributed by atoms with E-state index in [1.807, 2.05) is 75.4 Å². The minimum Gasteiger partial charge on any atom is -0.616 e. The maximum atomic E-state index is 12.6. The molecule has 0 aliphatic carbocycles. The molecule has 2 atom stereocenters. The predicted octanol–water partition coefficient (Wildman–Crippen LogP) is 4.10. The Kier molecular flexibility index (Phi) is 7.81. The molecule has 1 fully saturated rings. The maximum Gasteiger partial charge on any atom is 0.307 e. The Bertz CT molecular complexity index is 804. The van der Waals surface area contributed by atoms with Crippen molar-refractivity contribution in [1.82, 2.24) is 4.90 Å². The lowest BCUT2D eigenvalue weighted by molar-refractivity contribution is -0.155. The zero-order valence-corrected chi connectivity index (χ0v) is 18.8. The van der Waals surface area contributed by atoms with E-state index in [4.69, 9.17) is 9.47 Å². The summed E-state index contributed by atoms with van der Waals surface area (Å²) < 4.78 is 23.9. The van der Waals surface area contributed by atoms with Crippen molar-refractivity contribution in [3.05, 3.63) is 65.7 Å². The predicted molar refractivity (Wildman–Crippen MR) is 120 cm³/mol. The number of carbonyl (C=O) groups excluding carboxylic acids is 1. The normalized spacial score (nSPS) is 20.0. The number of carbonyl (C=O) groups is 1. The monoisotopic (exact) mass is 429 g/mol. The molecule has 0 aromatic heterocycles. The first-order valence-electron chi connectivity index (χ1n) is 10.4. The second kappa shape index (κ2) is 10.3. The summed E-state index contributed by atoms with van der Waals surface area (Å²) in [6.45, 7) is 8.19. The van der Waals surface area contributed by atoms with E-state index in [-0.39, 0.29) is 11.2 Å². The van der Waals surface area contributed by atoms with Gasteiger partial charge in [0.1, 0.15) is 23.7 Å². The fraction of sp³-hybridized carbons (Fsp3) is 0.458. The van der Waals surface area contributed by atoms with E-state index in [0.717, 1.165) is 23.4 Å². The molecule has 5 nitrogen and oxygen atoms in total. The third kappa shape index (κ3) is 7.04. The van der Waals surface area contributed by atoms with Crippen LogP contribution in [0.5, 0.6) is 5.75 Å². The highest BCUT2D eigenvalue weighted by atomic mass is 32.2. The first kappa shape index (κ1) is 22.7. The lowest BCUT2D eigenvalue weighted by Crippen LogP contribution is -2.43. The Labute approximate surface area is 182 Å². The number of rotatable bonds is 7. The minimum atomic E-state index is -0.919. The van der Waals surface area contributed by atoms with Crippen LogP contribution < -0.4 is 4.74 Å². The van der Waals surface area contributed by atoms with Gasteiger partial charge in [0.05, 0.1) is 13.0 Å². The third-order valence-electron chi connectivity index (χ3n) is 4.90. The fourth-order valence-electron chi connectivity index (χ4n) is 3.39. The van der Waals surface area contributed by atoms with Crippen molar-refractivity contribution in [1.29, 1.82) is 0 Å². The van der Waals surface area contributed by atoms with Crippen molar-refractivity contribution < 1.29 is 18.8 Å². The number of ether oxygens (including phenoxy) is 2. The molecule has 0 radical (unpaired) electrons. The van der Waals surface area contributed by atoms with Crippen LogP contribution in [0, 0.1) is 0 Å². The van der Waals surface area contributed by atoms with E-state index in [2.05, 4.69) is 4.90 Å². The van der Waals surface area contributed by atoms with Crippen molar-refractivity contribution in [2.24, 2.45) is 0 Å². The molecular formula is C24H31NO4S. The van der Waals surface area contributed by atoms with Gasteiger partial charge >= 0.3 is 5.97 Å². The Morgan fingerprint density at radius 3 is 2.50 bits per heavy atom. The van der Waals surface area contributed by atoms with Gasteiger partial charge in [-0.05, 0) is 49.6 Å². The average Bonchev–Trinajstić information content (AvgIpc) is 2.72. The van der Waals surface area contributed by atoms with E-state index in [1.54, 1.807) is 0 Å². The van der Waals surface area contributed by atoms with Crippen molar-refractivity contribution in [2.75, 3.05) is 25.4 Å². The summed E-state index contributed by atoms with van der Waals surface area (Å²) >= 11 is -0.919. The van der Waals surface area contributed by atoms with Crippen LogP contribution in [0.15, 0.2) is 54.6 Å². The van der Waals surface area contributed by atoms with Crippen LogP contribution in [0.4, 0.5) is 0 Å². The van der Waals surface area contributed by atoms with Gasteiger partial charge in [-0.1, -0.05) is 42.5 Å². The maximum absolute atomic E-state index is 12.6. The zero-order chi connectivity index (χ0) is 21.6. The van der Waals surface area contributed by atoms with E-state index in [9.17, 15) is 9.35 Å². The van der Waals surface area contributed by atoms with E-state index in [0.29, 0.717) is 31.9 Å². The van der Waals surface area contributed by atoms with E-state index in [1.165, 1.54) is 0 Å². The molecule has 0 saturated carbocycles. The van der Waals surface area contributed by atoms with Crippen molar-refractivity contribution in [3.8, 4) is 5.75 Å². The number of nitrogens with zero attached hydrogens (tertiary/aromatic N) is 1. The Morgan fingerprint density at radius 2 is 1.83 bits per heavy atom. The molecule has 2 unspecified atom stereocenters. The summed E-state index contributed by atoms with van der Waals surface area (Å²) in [5.41, 5.74) is 1.70. The molecule has 3 rings (SSSR count). The molecule has 0 bridgehead atoms. The van der Waals surface area contributed by atoms with Gasteiger partial charge in [0, 0.05) is 18.7 Å². The number of esters is 1. The lowest BCUT2D eigenvalue weighted by atomic mass is 10.1. The standard InChI is InChI=1S/C24H31NO4S/c1-24(2,3)29-23(26)13-14-25-15-16-30(27)22(17-25)20-9-11-21(12-10-20)28-18-19-7-5-4-6-8-19/h4-12,22H,13-18H2,1-3H3. The molecule has 1 saturated heterocycles. The molecule has 2 aromatic rings. The van der Waals surface area contributed by atoms with Gasteiger partial charge in [0.2, 0.25) is 0 Å². The lowest BCUT2D eigenvalue weighted by Gasteiger charge is -2.34. The van der Waals surface area contributed by atoms with Gasteiger partial charge in [-0.25, -0.2) is 0 Å². The molecule has 162 valence electrons. The molecule has 2 aromatic carbocycles. The van der Waals surface area contributed by atoms with Gasteiger partial charge in [0.25, 0.3) is 0 Å². The summed E-state index contributed by atoms with van der Waals surface area (Å²) in [5, 5.41) is -0.0550. The summed E-state index contributed by atoms with van der Waals surface area (Å²) in [6, 6.07) is 17.9. The first-order valence-corrected chi connectivity index (χ1v) is 11.8. The molecule has 1 aliphatic heterocycles. The van der Waals surface area contributed by atoms with Crippen molar-refractivity contribution >= 4 is 17.1 Å². The van der Waals surface area contributed by atoms with Crippen LogP contribution in [0.25, 0.3) is 0 Å². The van der Waals surface area contributed by atoms with E-state index >= 15 is 0 Å². The second-order valence-electron chi connectivity index (χ2n) is 8.55. The summed E-state index contributed by atoms with van der Waals surface area (Å²) in [6.07, 6.45) is 0.350. The largest absolute Gasteiger partial charge is 0.616 e. The van der Waals surface area contributed by atoms with Crippen LogP contribution in [0.2, 0.25) is 0 Å². The van der Waals surface area contributed by atoms with Gasteiger partial charge < -0.3 is 14.0 Å². The smallest absolute Gasteiger partial charge is 0.307 e. The first-order chi connectivity index (χ1) is 14.3. The second-order valence-corrected chi connectivity index (χ2v) is 10.3. The SMILES string of the molecule is CC(C)(C)OC(=O)CCN1CC[S+]([O-])C(c2ccc(OCc3ccccc3)cc2)C1. The number of hydrogen-bond acceptors (Lipinski definition) is 5. The zero-order valence-electron chi connectivity index (χ0n) is 18.0. The van der Waals surface area contributed by atoms with Gasteiger partial charge in [0.15, 0.2) is 5.25 Å². The summed E-state index contributed by atoms with van der Waals surface area (Å²) in [4.78, 5) is 14.2. The van der Waals surface area contributed by atoms with Crippen LogP contribution in [0.3, 0.4) is 0 Å². The van der Waals surface area contributed by atoms with Crippen LogP contribution in [0.1, 0.15) is 43.6 Å². The number of hydrogen-bond donors (Lipinski definition) is 0. The quantitative estimate of drug-likeness (QED) is 0.490. The highest BCUT2D eigenvalue weighted by Gasteiger charge is 2.32. The molecule has 1 heterocycles. The van der Waals surface area contributed by atoms with E-state index < -0.39 is 16.8 Å². The molecular weight excluding hydrogens is 398 g/mol. The fourth-order valence-corrected chi connectivity index (χ4v) is 4.95. The highest BCUT2D eigenvalue weighted by molar-refractivity contribution is 7.91. The third-order valence-corrected chi connectivity index (χ3v) is 6.54. The van der Waals surface area contributed by atoms with Gasteiger partial charge in [-0.3, -0.25) is 9.69 Å². The van der Waals surface area contributed by atoms with Crippen molar-refractivity contribution in [3.63, 3.8) is 0 Å². The Balaban J connectivity index is 1.53. The molecule has 0 N–H and O–H groups in total. The minimum absolute atomic E-state index is 0.0550. The molecule has 0 amide bonds. The Morgan fingerprint density at radius 1 is 1.13 bits per heavy atom. The highest BCUT2D eigenvalue weighted by Crippen LogP contribution is 2.29. The van der Waals surface area contributed by atoms with Gasteiger partial charge in [-0.2, -0.15) is 0 Å². The number of benzene rings is 2. The molecule has 6 heteroatoms. The summed E-state index contributed by atoms with van der Waals surface area (Å²) in [5.74, 6) is 1.22. The van der Waals surface area contributed by atoms with Gasteiger partial charge in [-0.15, -0.1) is 0 Å². The van der Waals surface area contributed by atoms with Crippen LogP contribution >= 0.6 is 0 Å². The topological polar surface area (TPSA) is 61.8 Å². The summed E-state index contributed by atoms with van der Waals surface area (Å²) in [7, 11) is 0. The van der Waals surface area contributed by atoms with Crippen LogP contribution in [-0.4, -0.2) is 46.4 Å².